The number of benzene rings is 1. The Balaban J connectivity index is 1.67. The molecule has 2 rings (SSSR count). The second kappa shape index (κ2) is 6.60. The van der Waals surface area contributed by atoms with Gasteiger partial charge in [-0.15, -0.1) is 0 Å². The van der Waals surface area contributed by atoms with E-state index in [2.05, 4.69) is 48.7 Å². The maximum absolute atomic E-state index is 11.8. The van der Waals surface area contributed by atoms with Crippen molar-refractivity contribution in [2.75, 3.05) is 6.54 Å². The first-order chi connectivity index (χ1) is 9.15. The van der Waals surface area contributed by atoms with Crippen molar-refractivity contribution in [3.63, 3.8) is 0 Å². The molecule has 2 N–H and O–H groups in total. The molecule has 2 atom stereocenters. The van der Waals surface area contributed by atoms with Gasteiger partial charge >= 0.3 is 6.03 Å². The van der Waals surface area contributed by atoms with Gasteiger partial charge in [-0.25, -0.2) is 4.79 Å². The van der Waals surface area contributed by atoms with Gasteiger partial charge in [-0.3, -0.25) is 0 Å². The second-order valence-corrected chi connectivity index (χ2v) is 5.65. The summed E-state index contributed by atoms with van der Waals surface area (Å²) in [5.74, 6) is 0.614. The van der Waals surface area contributed by atoms with Crippen LogP contribution in [0.5, 0.6) is 0 Å². The highest BCUT2D eigenvalue weighted by Gasteiger charge is 2.24. The molecule has 3 heteroatoms. The Kier molecular flexibility index (Phi) is 4.83. The molecule has 3 nitrogen and oxygen atoms in total. The van der Waals surface area contributed by atoms with E-state index < -0.39 is 0 Å². The van der Waals surface area contributed by atoms with Crippen molar-refractivity contribution < 1.29 is 4.79 Å². The average Bonchev–Trinajstić information content (AvgIpc) is 2.78. The molecule has 1 fully saturated rings. The molecule has 104 valence electrons. The predicted octanol–water partition coefficient (Wildman–Crippen LogP) is 3.03. The van der Waals surface area contributed by atoms with E-state index in [1.54, 1.807) is 0 Å². The summed E-state index contributed by atoms with van der Waals surface area (Å²) in [5.41, 5.74) is 2.53. The minimum Gasteiger partial charge on any atom is -0.338 e. The van der Waals surface area contributed by atoms with Crippen LogP contribution in [0.3, 0.4) is 0 Å². The van der Waals surface area contributed by atoms with Gasteiger partial charge in [0.2, 0.25) is 0 Å². The molecule has 19 heavy (non-hydrogen) atoms. The predicted molar refractivity (Wildman–Crippen MR) is 78.2 cm³/mol. The van der Waals surface area contributed by atoms with E-state index in [0.29, 0.717) is 18.5 Å². The van der Waals surface area contributed by atoms with E-state index in [1.807, 2.05) is 0 Å². The van der Waals surface area contributed by atoms with Crippen molar-refractivity contribution in [2.24, 2.45) is 5.92 Å². The van der Waals surface area contributed by atoms with Gasteiger partial charge < -0.3 is 10.6 Å². The number of amides is 2. The van der Waals surface area contributed by atoms with Crippen LogP contribution in [0.2, 0.25) is 0 Å². The molecule has 2 unspecified atom stereocenters. The van der Waals surface area contributed by atoms with E-state index in [-0.39, 0.29) is 6.03 Å². The van der Waals surface area contributed by atoms with E-state index in [9.17, 15) is 4.79 Å². The molecule has 1 aromatic rings. The van der Waals surface area contributed by atoms with Crippen LogP contribution in [0, 0.1) is 12.8 Å². The van der Waals surface area contributed by atoms with Gasteiger partial charge in [0.05, 0.1) is 0 Å². The van der Waals surface area contributed by atoms with Crippen LogP contribution in [-0.2, 0) is 6.42 Å². The smallest absolute Gasteiger partial charge is 0.315 e. The second-order valence-electron chi connectivity index (χ2n) is 5.65. The van der Waals surface area contributed by atoms with Crippen molar-refractivity contribution in [3.05, 3.63) is 35.4 Å². The van der Waals surface area contributed by atoms with Gasteiger partial charge in [-0.1, -0.05) is 43.2 Å². The van der Waals surface area contributed by atoms with E-state index in [0.717, 1.165) is 12.8 Å². The fourth-order valence-electron chi connectivity index (χ4n) is 2.65. The Bertz CT molecular complexity index is 413. The van der Waals surface area contributed by atoms with E-state index in [4.69, 9.17) is 0 Å². The number of hydrogen-bond donors (Lipinski definition) is 2. The zero-order chi connectivity index (χ0) is 13.7. The Morgan fingerprint density at radius 2 is 2.00 bits per heavy atom. The number of hydrogen-bond acceptors (Lipinski definition) is 1. The van der Waals surface area contributed by atoms with Crippen molar-refractivity contribution in [3.8, 4) is 0 Å². The summed E-state index contributed by atoms with van der Waals surface area (Å²) in [6.45, 7) is 4.98. The molecule has 0 saturated heterocycles. The Morgan fingerprint density at radius 1 is 1.26 bits per heavy atom. The normalized spacial score (nSPS) is 22.2. The number of urea groups is 1. The summed E-state index contributed by atoms with van der Waals surface area (Å²) in [6.07, 6.45) is 4.46. The van der Waals surface area contributed by atoms with E-state index in [1.165, 1.54) is 24.0 Å². The molecule has 0 spiro atoms. The summed E-state index contributed by atoms with van der Waals surface area (Å²) in [7, 11) is 0. The Labute approximate surface area is 115 Å². The first-order valence-corrected chi connectivity index (χ1v) is 7.25. The van der Waals surface area contributed by atoms with Gasteiger partial charge in [0.25, 0.3) is 0 Å². The molecule has 0 bridgehead atoms. The molecule has 1 aromatic carbocycles. The van der Waals surface area contributed by atoms with Gasteiger partial charge in [-0.2, -0.15) is 0 Å². The monoisotopic (exact) mass is 260 g/mol. The minimum absolute atomic E-state index is 0.0224. The first-order valence-electron chi connectivity index (χ1n) is 7.25. The fourth-order valence-corrected chi connectivity index (χ4v) is 2.65. The van der Waals surface area contributed by atoms with Crippen molar-refractivity contribution in [1.29, 1.82) is 0 Å². The van der Waals surface area contributed by atoms with Gasteiger partial charge in [0.1, 0.15) is 0 Å². The molecule has 0 aliphatic heterocycles. The zero-order valence-corrected chi connectivity index (χ0v) is 11.9. The van der Waals surface area contributed by atoms with E-state index >= 15 is 0 Å². The fraction of sp³-hybridized carbons (Fsp3) is 0.562. The highest BCUT2D eigenvalue weighted by atomic mass is 16.2. The number of aryl methyl sites for hydroxylation is 1. The van der Waals surface area contributed by atoms with Gasteiger partial charge in [-0.05, 0) is 37.7 Å². The summed E-state index contributed by atoms with van der Waals surface area (Å²) >= 11 is 0. The largest absolute Gasteiger partial charge is 0.338 e. The zero-order valence-electron chi connectivity index (χ0n) is 11.9. The van der Waals surface area contributed by atoms with Crippen LogP contribution in [-0.4, -0.2) is 18.6 Å². The standard InChI is InChI=1S/C16H24N2O/c1-12-6-8-14(9-7-12)10-11-17-16(19)18-15-5-3-4-13(15)2/h6-9,13,15H,3-5,10-11H2,1-2H3,(H2,17,18,19). The lowest BCUT2D eigenvalue weighted by Gasteiger charge is -2.17. The quantitative estimate of drug-likeness (QED) is 0.858. The molecule has 1 aliphatic rings. The van der Waals surface area contributed by atoms with Crippen molar-refractivity contribution in [2.45, 2.75) is 45.6 Å². The van der Waals surface area contributed by atoms with Gasteiger partial charge in [0, 0.05) is 12.6 Å². The SMILES string of the molecule is Cc1ccc(CCNC(=O)NC2CCCC2C)cc1. The summed E-state index contributed by atoms with van der Waals surface area (Å²) < 4.78 is 0. The maximum atomic E-state index is 11.8. The highest BCUT2D eigenvalue weighted by molar-refractivity contribution is 5.74. The Hall–Kier alpha value is -1.51. The highest BCUT2D eigenvalue weighted by Crippen LogP contribution is 2.24. The number of carbonyl (C=O) groups is 1. The van der Waals surface area contributed by atoms with Crippen LogP contribution >= 0.6 is 0 Å². The lowest BCUT2D eigenvalue weighted by Crippen LogP contribution is -2.43. The molecule has 2 amide bonds. The third-order valence-corrected chi connectivity index (χ3v) is 4.00. The lowest BCUT2D eigenvalue weighted by molar-refractivity contribution is 0.234. The van der Waals surface area contributed by atoms with Crippen molar-refractivity contribution >= 4 is 6.03 Å². The summed E-state index contributed by atoms with van der Waals surface area (Å²) in [6, 6.07) is 8.79. The maximum Gasteiger partial charge on any atom is 0.315 e. The van der Waals surface area contributed by atoms with Crippen LogP contribution in [0.1, 0.15) is 37.3 Å². The third kappa shape index (κ3) is 4.27. The molecule has 0 radical (unpaired) electrons. The lowest BCUT2D eigenvalue weighted by atomic mass is 10.1. The summed E-state index contributed by atoms with van der Waals surface area (Å²) in [4.78, 5) is 11.8. The van der Waals surface area contributed by atoms with Crippen LogP contribution in [0.25, 0.3) is 0 Å². The number of nitrogens with one attached hydrogen (secondary N) is 2. The van der Waals surface area contributed by atoms with Crippen LogP contribution in [0.15, 0.2) is 24.3 Å². The molecular formula is C16H24N2O. The van der Waals surface area contributed by atoms with Crippen molar-refractivity contribution in [1.82, 2.24) is 10.6 Å². The van der Waals surface area contributed by atoms with Crippen LogP contribution < -0.4 is 10.6 Å². The molecule has 0 aromatic heterocycles. The number of carbonyl (C=O) groups excluding carboxylic acids is 1. The van der Waals surface area contributed by atoms with Crippen LogP contribution in [0.4, 0.5) is 4.79 Å². The minimum atomic E-state index is -0.0224. The molecule has 1 aliphatic carbocycles. The molecule has 1 saturated carbocycles. The first kappa shape index (κ1) is 13.9. The Morgan fingerprint density at radius 3 is 2.63 bits per heavy atom. The van der Waals surface area contributed by atoms with Gasteiger partial charge in [0.15, 0.2) is 0 Å². The topological polar surface area (TPSA) is 41.1 Å². The molecule has 0 heterocycles. The molecular weight excluding hydrogens is 236 g/mol. The average molecular weight is 260 g/mol. The summed E-state index contributed by atoms with van der Waals surface area (Å²) in [5, 5.41) is 6.02. The number of rotatable bonds is 4. The third-order valence-electron chi connectivity index (χ3n) is 4.00.